The first-order valence-corrected chi connectivity index (χ1v) is 9.17. The molecule has 4 rings (SSSR count). The highest BCUT2D eigenvalue weighted by atomic mass is 16.7. The van der Waals surface area contributed by atoms with E-state index in [0.717, 1.165) is 0 Å². The number of amides is 2. The highest BCUT2D eigenvalue weighted by molar-refractivity contribution is 5.93. The molecule has 10 heteroatoms. The van der Waals surface area contributed by atoms with Crippen LogP contribution >= 0.6 is 0 Å². The Hall–Kier alpha value is -2.72. The molecule has 0 bridgehead atoms. The summed E-state index contributed by atoms with van der Waals surface area (Å²) in [5, 5.41) is 3.78. The Labute approximate surface area is 161 Å². The summed E-state index contributed by atoms with van der Waals surface area (Å²) in [7, 11) is 0. The summed E-state index contributed by atoms with van der Waals surface area (Å²) >= 11 is 0. The van der Waals surface area contributed by atoms with Crippen molar-refractivity contribution in [2.24, 2.45) is 0 Å². The van der Waals surface area contributed by atoms with Crippen molar-refractivity contribution in [3.8, 4) is 0 Å². The highest BCUT2D eigenvalue weighted by Crippen LogP contribution is 2.26. The van der Waals surface area contributed by atoms with Gasteiger partial charge in [-0.25, -0.2) is 4.98 Å². The van der Waals surface area contributed by atoms with Gasteiger partial charge in [0.05, 0.1) is 37.7 Å². The number of ether oxygens (including phenoxy) is 2. The van der Waals surface area contributed by atoms with Crippen LogP contribution in [0.1, 0.15) is 38.9 Å². The molecule has 0 radical (unpaired) electrons. The topological polar surface area (TPSA) is 111 Å². The average Bonchev–Trinajstić information content (AvgIpc) is 3.26. The lowest BCUT2D eigenvalue weighted by Gasteiger charge is -2.42. The number of oxazole rings is 1. The number of morpholine rings is 1. The van der Waals surface area contributed by atoms with Crippen molar-refractivity contribution in [3.63, 3.8) is 0 Å². The van der Waals surface area contributed by atoms with Crippen molar-refractivity contribution in [2.45, 2.75) is 26.1 Å². The Morgan fingerprint density at radius 3 is 2.50 bits per heavy atom. The molecule has 150 valence electrons. The van der Waals surface area contributed by atoms with Gasteiger partial charge in [-0.15, -0.1) is 0 Å². The van der Waals surface area contributed by atoms with E-state index < -0.39 is 5.79 Å². The van der Waals surface area contributed by atoms with Crippen molar-refractivity contribution >= 4 is 11.8 Å². The molecule has 1 unspecified atom stereocenters. The number of hydrogen-bond donors (Lipinski definition) is 0. The van der Waals surface area contributed by atoms with E-state index in [4.69, 9.17) is 18.4 Å². The minimum absolute atomic E-state index is 0.176. The second-order valence-electron chi connectivity index (χ2n) is 7.01. The maximum atomic E-state index is 12.8. The lowest BCUT2D eigenvalue weighted by Crippen LogP contribution is -2.59. The minimum Gasteiger partial charge on any atom is -0.438 e. The predicted molar refractivity (Wildman–Crippen MR) is 93.5 cm³/mol. The highest BCUT2D eigenvalue weighted by Gasteiger charge is 2.44. The summed E-state index contributed by atoms with van der Waals surface area (Å²) in [5.41, 5.74) is 1.17. The van der Waals surface area contributed by atoms with Crippen LogP contribution in [-0.2, 0) is 9.47 Å². The summed E-state index contributed by atoms with van der Waals surface area (Å²) < 4.78 is 22.3. The molecular formula is C18H22N4O6. The number of carbonyl (C=O) groups excluding carboxylic acids is 2. The normalized spacial score (nSPS) is 23.1. The molecule has 2 saturated heterocycles. The van der Waals surface area contributed by atoms with Crippen molar-refractivity contribution in [2.75, 3.05) is 39.4 Å². The number of hydrogen-bond acceptors (Lipinski definition) is 8. The number of nitrogens with zero attached hydrogens (tertiary/aromatic N) is 4. The molecule has 1 atom stereocenters. The second-order valence-corrected chi connectivity index (χ2v) is 7.01. The third-order valence-electron chi connectivity index (χ3n) is 4.88. The molecule has 28 heavy (non-hydrogen) atoms. The van der Waals surface area contributed by atoms with Gasteiger partial charge in [-0.05, 0) is 20.3 Å². The maximum absolute atomic E-state index is 12.8. The van der Waals surface area contributed by atoms with Gasteiger partial charge in [0.1, 0.15) is 0 Å². The van der Waals surface area contributed by atoms with E-state index in [2.05, 4.69) is 10.1 Å². The number of aromatic nitrogens is 2. The van der Waals surface area contributed by atoms with Crippen molar-refractivity contribution in [1.29, 1.82) is 0 Å². The largest absolute Gasteiger partial charge is 0.438 e. The van der Waals surface area contributed by atoms with Gasteiger partial charge in [0, 0.05) is 19.2 Å². The van der Waals surface area contributed by atoms with E-state index in [1.165, 1.54) is 6.39 Å². The number of aryl methyl sites for hydroxylation is 2. The molecule has 0 saturated carbocycles. The van der Waals surface area contributed by atoms with Crippen LogP contribution in [0.4, 0.5) is 0 Å². The van der Waals surface area contributed by atoms with Crippen LogP contribution in [0.2, 0.25) is 0 Å². The van der Waals surface area contributed by atoms with Gasteiger partial charge >= 0.3 is 0 Å². The Balaban J connectivity index is 1.53. The second kappa shape index (κ2) is 7.36. The molecule has 2 aliphatic rings. The summed E-state index contributed by atoms with van der Waals surface area (Å²) in [6.45, 7) is 5.46. The first-order chi connectivity index (χ1) is 13.5. The smallest absolute Gasteiger partial charge is 0.292 e. The standard InChI is InChI=1S/C18H22N4O6/c1-12-8-14(28-20-12)16(23)21-4-3-6-26-18(9-21)10-22(5-7-27-18)17(24)15-13(2)19-11-25-15/h8,11H,3-7,9-10H2,1-2H3. The molecule has 2 fully saturated rings. The Morgan fingerprint density at radius 1 is 1.07 bits per heavy atom. The van der Waals surface area contributed by atoms with Gasteiger partial charge in [0.15, 0.2) is 6.39 Å². The van der Waals surface area contributed by atoms with Gasteiger partial charge in [-0.2, -0.15) is 0 Å². The van der Waals surface area contributed by atoms with Crippen LogP contribution in [-0.4, -0.2) is 76.9 Å². The summed E-state index contributed by atoms with van der Waals surface area (Å²) in [6, 6.07) is 1.60. The van der Waals surface area contributed by atoms with E-state index in [1.54, 1.807) is 29.7 Å². The lowest BCUT2D eigenvalue weighted by atomic mass is 10.1. The molecule has 1 spiro atoms. The number of carbonyl (C=O) groups is 2. The van der Waals surface area contributed by atoms with Gasteiger partial charge in [0.25, 0.3) is 11.8 Å². The Morgan fingerprint density at radius 2 is 1.82 bits per heavy atom. The van der Waals surface area contributed by atoms with Crippen LogP contribution < -0.4 is 0 Å². The van der Waals surface area contributed by atoms with E-state index in [9.17, 15) is 9.59 Å². The van der Waals surface area contributed by atoms with Gasteiger partial charge in [-0.1, -0.05) is 5.16 Å². The quantitative estimate of drug-likeness (QED) is 0.747. The third-order valence-corrected chi connectivity index (χ3v) is 4.88. The molecule has 2 aromatic rings. The molecular weight excluding hydrogens is 368 g/mol. The zero-order valence-corrected chi connectivity index (χ0v) is 15.8. The van der Waals surface area contributed by atoms with E-state index in [1.807, 2.05) is 0 Å². The molecule has 2 amide bonds. The van der Waals surface area contributed by atoms with Crippen LogP contribution in [0.5, 0.6) is 0 Å². The first-order valence-electron chi connectivity index (χ1n) is 9.17. The van der Waals surface area contributed by atoms with Crippen molar-refractivity contribution in [1.82, 2.24) is 19.9 Å². The van der Waals surface area contributed by atoms with E-state index >= 15 is 0 Å². The molecule has 0 aromatic carbocycles. The lowest BCUT2D eigenvalue weighted by molar-refractivity contribution is -0.259. The zero-order valence-electron chi connectivity index (χ0n) is 15.8. The molecule has 0 aliphatic carbocycles. The first kappa shape index (κ1) is 18.6. The van der Waals surface area contributed by atoms with Gasteiger partial charge < -0.3 is 28.2 Å². The molecule has 4 heterocycles. The third kappa shape index (κ3) is 3.52. The van der Waals surface area contributed by atoms with Gasteiger partial charge in [-0.3, -0.25) is 9.59 Å². The molecule has 2 aliphatic heterocycles. The SMILES string of the molecule is Cc1cc(C(=O)N2CCCOC3(C2)CN(C(=O)c2ocnc2C)CCO3)on1. The van der Waals surface area contributed by atoms with E-state index in [-0.39, 0.29) is 36.4 Å². The number of rotatable bonds is 2. The molecule has 0 N–H and O–H groups in total. The molecule has 2 aromatic heterocycles. The van der Waals surface area contributed by atoms with E-state index in [0.29, 0.717) is 44.1 Å². The Kier molecular flexibility index (Phi) is 4.90. The average molecular weight is 390 g/mol. The van der Waals surface area contributed by atoms with Crippen LogP contribution in [0.25, 0.3) is 0 Å². The minimum atomic E-state index is -1.09. The fourth-order valence-corrected chi connectivity index (χ4v) is 3.49. The fourth-order valence-electron chi connectivity index (χ4n) is 3.49. The summed E-state index contributed by atoms with van der Waals surface area (Å²) in [5.74, 6) is -1.26. The predicted octanol–water partition coefficient (Wildman–Crippen LogP) is 1.01. The van der Waals surface area contributed by atoms with Crippen molar-refractivity contribution in [3.05, 3.63) is 35.4 Å². The molecule has 10 nitrogen and oxygen atoms in total. The monoisotopic (exact) mass is 390 g/mol. The maximum Gasteiger partial charge on any atom is 0.292 e. The Bertz CT molecular complexity index is 877. The zero-order chi connectivity index (χ0) is 19.7. The van der Waals surface area contributed by atoms with Crippen LogP contribution in [0.15, 0.2) is 21.4 Å². The van der Waals surface area contributed by atoms with Crippen LogP contribution in [0, 0.1) is 13.8 Å². The summed E-state index contributed by atoms with van der Waals surface area (Å²) in [4.78, 5) is 32.8. The summed E-state index contributed by atoms with van der Waals surface area (Å²) in [6.07, 6.45) is 1.90. The fraction of sp³-hybridized carbons (Fsp3) is 0.556. The van der Waals surface area contributed by atoms with Crippen LogP contribution in [0.3, 0.4) is 0 Å². The van der Waals surface area contributed by atoms with Gasteiger partial charge in [0.2, 0.25) is 17.3 Å². The van der Waals surface area contributed by atoms with Crippen molar-refractivity contribution < 1.29 is 28.0 Å².